The van der Waals surface area contributed by atoms with Crippen LogP contribution < -0.4 is 14.7 Å². The molecule has 1 heterocycles. The van der Waals surface area contributed by atoms with Gasteiger partial charge in [0.05, 0.1) is 18.2 Å². The van der Waals surface area contributed by atoms with E-state index in [1.54, 1.807) is 48.5 Å². The van der Waals surface area contributed by atoms with Crippen molar-refractivity contribution in [2.75, 3.05) is 11.4 Å². The van der Waals surface area contributed by atoms with E-state index in [1.807, 2.05) is 0 Å². The molecule has 0 bridgehead atoms. The fourth-order valence-corrected chi connectivity index (χ4v) is 2.49. The summed E-state index contributed by atoms with van der Waals surface area (Å²) >= 11 is 5.93. The second-order valence-electron chi connectivity index (χ2n) is 4.90. The van der Waals surface area contributed by atoms with E-state index in [4.69, 9.17) is 16.3 Å². The van der Waals surface area contributed by atoms with Crippen LogP contribution in [0.25, 0.3) is 6.08 Å². The summed E-state index contributed by atoms with van der Waals surface area (Å²) in [4.78, 5) is 24.6. The van der Waals surface area contributed by atoms with Crippen LogP contribution in [0, 0.1) is 0 Å². The Balaban J connectivity index is 2.04. The molecule has 3 rings (SSSR count). The van der Waals surface area contributed by atoms with Crippen LogP contribution in [0.15, 0.2) is 54.3 Å². The van der Waals surface area contributed by atoms with Gasteiger partial charge in [0.2, 0.25) is 0 Å². The van der Waals surface area contributed by atoms with Crippen LogP contribution in [0.4, 0.5) is 5.69 Å². The molecule has 1 amide bonds. The first-order chi connectivity index (χ1) is 11.0. The van der Waals surface area contributed by atoms with Crippen LogP contribution in [-0.2, 0) is 9.59 Å². The van der Waals surface area contributed by atoms with E-state index in [0.29, 0.717) is 22.0 Å². The Morgan fingerprint density at radius 3 is 2.74 bits per heavy atom. The third-order valence-electron chi connectivity index (χ3n) is 3.27. The van der Waals surface area contributed by atoms with Crippen molar-refractivity contribution in [1.29, 1.82) is 0 Å². The molecule has 0 atom stereocenters. The number of amides is 1. The van der Waals surface area contributed by atoms with E-state index in [2.05, 4.69) is 0 Å². The lowest BCUT2D eigenvalue weighted by atomic mass is 10.1. The average Bonchev–Trinajstić information content (AvgIpc) is 2.51. The van der Waals surface area contributed by atoms with Gasteiger partial charge >= 0.3 is 0 Å². The Morgan fingerprint density at radius 2 is 2.00 bits per heavy atom. The number of para-hydroxylation sites is 2. The largest absolute Gasteiger partial charge is 0.548 e. The maximum Gasteiger partial charge on any atom is 0.294 e. The molecule has 0 saturated carbocycles. The maximum absolute atomic E-state index is 12.5. The minimum atomic E-state index is -1.35. The van der Waals surface area contributed by atoms with Crippen LogP contribution >= 0.6 is 11.6 Å². The highest BCUT2D eigenvalue weighted by Crippen LogP contribution is 2.35. The van der Waals surface area contributed by atoms with Gasteiger partial charge in [-0.05, 0) is 35.9 Å². The summed E-state index contributed by atoms with van der Waals surface area (Å²) in [6, 6.07) is 13.6. The second kappa shape index (κ2) is 6.14. The molecule has 5 nitrogen and oxygen atoms in total. The predicted molar refractivity (Wildman–Crippen MR) is 83.9 cm³/mol. The topological polar surface area (TPSA) is 69.7 Å². The highest BCUT2D eigenvalue weighted by atomic mass is 35.5. The lowest BCUT2D eigenvalue weighted by Crippen LogP contribution is -2.44. The van der Waals surface area contributed by atoms with E-state index in [1.165, 1.54) is 6.08 Å². The van der Waals surface area contributed by atoms with Crippen LogP contribution in [0.5, 0.6) is 5.75 Å². The lowest BCUT2D eigenvalue weighted by molar-refractivity contribution is -0.303. The number of halogens is 1. The van der Waals surface area contributed by atoms with E-state index >= 15 is 0 Å². The van der Waals surface area contributed by atoms with Gasteiger partial charge in [0.15, 0.2) is 11.5 Å². The number of fused-ring (bicyclic) bond motifs is 1. The summed E-state index contributed by atoms with van der Waals surface area (Å²) in [6.45, 7) is -0.550. The third-order valence-corrected chi connectivity index (χ3v) is 3.50. The van der Waals surface area contributed by atoms with Gasteiger partial charge in [-0.15, -0.1) is 0 Å². The highest BCUT2D eigenvalue weighted by molar-refractivity contribution is 6.30. The van der Waals surface area contributed by atoms with E-state index in [9.17, 15) is 14.7 Å². The Labute approximate surface area is 137 Å². The number of ether oxygens (including phenoxy) is 1. The quantitative estimate of drug-likeness (QED) is 0.806. The van der Waals surface area contributed by atoms with Crippen molar-refractivity contribution in [3.63, 3.8) is 0 Å². The molecule has 2 aromatic rings. The summed E-state index contributed by atoms with van der Waals surface area (Å²) < 4.78 is 5.61. The number of rotatable bonds is 3. The van der Waals surface area contributed by atoms with Crippen molar-refractivity contribution in [3.05, 3.63) is 64.9 Å². The number of hydrogen-bond acceptors (Lipinski definition) is 4. The van der Waals surface area contributed by atoms with Crippen molar-refractivity contribution in [1.82, 2.24) is 0 Å². The minimum Gasteiger partial charge on any atom is -0.548 e. The Bertz CT molecular complexity index is 816. The molecule has 0 saturated heterocycles. The van der Waals surface area contributed by atoms with Crippen LogP contribution in [0.3, 0.4) is 0 Å². The molecule has 1 aliphatic heterocycles. The molecule has 6 heteroatoms. The number of carboxylic acid groups (broad SMARTS) is 1. The summed E-state index contributed by atoms with van der Waals surface area (Å²) in [7, 11) is 0. The molecular weight excluding hydrogens is 318 g/mol. The van der Waals surface area contributed by atoms with Crippen molar-refractivity contribution < 1.29 is 19.4 Å². The van der Waals surface area contributed by atoms with Crippen molar-refractivity contribution >= 4 is 35.2 Å². The number of nitrogens with zero attached hydrogens (tertiary/aromatic N) is 1. The fourth-order valence-electron chi connectivity index (χ4n) is 2.30. The fraction of sp³-hybridized carbons (Fsp3) is 0.0588. The third kappa shape index (κ3) is 3.19. The average molecular weight is 329 g/mol. The molecule has 0 radical (unpaired) electrons. The number of carbonyl (C=O) groups is 2. The molecule has 0 N–H and O–H groups in total. The normalized spacial score (nSPS) is 15.3. The standard InChI is InChI=1S/C17H12ClNO4/c18-12-5-3-4-11(8-12)9-15-17(22)19(10-16(20)21)13-6-1-2-7-14(13)23-15/h1-9H,10H2,(H,20,21)/p-1. The van der Waals surface area contributed by atoms with Crippen LogP contribution in [0.1, 0.15) is 5.56 Å². The number of hydrogen-bond donors (Lipinski definition) is 0. The van der Waals surface area contributed by atoms with Crippen LogP contribution in [-0.4, -0.2) is 18.4 Å². The molecule has 0 aromatic heterocycles. The molecule has 1 aliphatic rings. The smallest absolute Gasteiger partial charge is 0.294 e. The molecule has 0 unspecified atom stereocenters. The summed E-state index contributed by atoms with van der Waals surface area (Å²) in [5, 5.41) is 11.5. The number of carbonyl (C=O) groups excluding carboxylic acids is 2. The van der Waals surface area contributed by atoms with Gasteiger partial charge in [-0.25, -0.2) is 0 Å². The maximum atomic E-state index is 12.5. The lowest BCUT2D eigenvalue weighted by Gasteiger charge is -2.30. The van der Waals surface area contributed by atoms with Gasteiger partial charge in [-0.3, -0.25) is 9.69 Å². The number of aliphatic carboxylic acids is 1. The summed E-state index contributed by atoms with van der Waals surface area (Å²) in [5.74, 6) is -1.47. The van der Waals surface area contributed by atoms with Gasteiger partial charge in [0, 0.05) is 5.02 Å². The SMILES string of the molecule is O=C([O-])CN1C(=O)C(=Cc2cccc(Cl)c2)Oc2ccccc21. The molecule has 116 valence electrons. The molecule has 0 aliphatic carbocycles. The highest BCUT2D eigenvalue weighted by Gasteiger charge is 2.30. The predicted octanol–water partition coefficient (Wildman–Crippen LogP) is 1.86. The summed E-state index contributed by atoms with van der Waals surface area (Å²) in [6.07, 6.45) is 1.52. The van der Waals surface area contributed by atoms with Gasteiger partial charge in [0.25, 0.3) is 5.91 Å². The molecule has 2 aromatic carbocycles. The zero-order valence-corrected chi connectivity index (χ0v) is 12.6. The number of benzene rings is 2. The van der Waals surface area contributed by atoms with Gasteiger partial charge < -0.3 is 14.6 Å². The first-order valence-electron chi connectivity index (χ1n) is 6.80. The zero-order valence-electron chi connectivity index (χ0n) is 11.9. The van der Waals surface area contributed by atoms with E-state index in [-0.39, 0.29) is 5.76 Å². The van der Waals surface area contributed by atoms with Gasteiger partial charge in [-0.2, -0.15) is 0 Å². The van der Waals surface area contributed by atoms with Crippen molar-refractivity contribution in [2.45, 2.75) is 0 Å². The molecular formula is C17H11ClNO4-. The minimum absolute atomic E-state index is 0.0206. The second-order valence-corrected chi connectivity index (χ2v) is 5.33. The molecule has 0 spiro atoms. The number of anilines is 1. The van der Waals surface area contributed by atoms with Crippen molar-refractivity contribution in [2.24, 2.45) is 0 Å². The number of carboxylic acids is 1. The van der Waals surface area contributed by atoms with E-state index < -0.39 is 18.4 Å². The Kier molecular flexibility index (Phi) is 4.04. The van der Waals surface area contributed by atoms with Crippen LogP contribution in [0.2, 0.25) is 5.02 Å². The first-order valence-corrected chi connectivity index (χ1v) is 7.18. The van der Waals surface area contributed by atoms with E-state index in [0.717, 1.165) is 4.90 Å². The monoisotopic (exact) mass is 328 g/mol. The summed E-state index contributed by atoms with van der Waals surface area (Å²) in [5.41, 5.74) is 1.07. The first kappa shape index (κ1) is 15.1. The van der Waals surface area contributed by atoms with Gasteiger partial charge in [-0.1, -0.05) is 35.9 Å². The van der Waals surface area contributed by atoms with Crippen molar-refractivity contribution in [3.8, 4) is 5.75 Å². The molecule has 0 fully saturated rings. The zero-order chi connectivity index (χ0) is 16.4. The molecule has 23 heavy (non-hydrogen) atoms. The Morgan fingerprint density at radius 1 is 1.22 bits per heavy atom. The van der Waals surface area contributed by atoms with Gasteiger partial charge in [0.1, 0.15) is 0 Å². The Hall–Kier alpha value is -2.79.